The molecule has 0 saturated heterocycles. The number of amides is 4. The molecule has 1 rings (SSSR count). The Hall–Kier alpha value is -4.01. The van der Waals surface area contributed by atoms with Crippen molar-refractivity contribution in [2.45, 2.75) is 43.8 Å². The van der Waals surface area contributed by atoms with Gasteiger partial charge in [0, 0.05) is 24.7 Å². The number of carbonyl (C=O) groups excluding carboxylic acids is 4. The number of aliphatic carboxylic acids is 2. The molecule has 3 atom stereocenters. The lowest BCUT2D eigenvalue weighted by Crippen LogP contribution is -2.57. The number of primary amides is 1. The lowest BCUT2D eigenvalue weighted by atomic mass is 10.1. The fraction of sp³-hybridized carbons (Fsp3) is 0.471. The summed E-state index contributed by atoms with van der Waals surface area (Å²) < 4.78 is 0. The zero-order valence-corrected chi connectivity index (χ0v) is 16.9. The van der Waals surface area contributed by atoms with E-state index in [1.165, 1.54) is 12.5 Å². The number of nitrogens with zero attached hydrogens (tertiary/aromatic N) is 1. The molecule has 0 aliphatic carbocycles. The summed E-state index contributed by atoms with van der Waals surface area (Å²) in [4.78, 5) is 76.7. The van der Waals surface area contributed by atoms with Crippen LogP contribution in [-0.2, 0) is 35.2 Å². The van der Waals surface area contributed by atoms with E-state index in [2.05, 4.69) is 25.9 Å². The Morgan fingerprint density at radius 1 is 1.00 bits per heavy atom. The molecule has 15 heteroatoms. The minimum atomic E-state index is -1.64. The van der Waals surface area contributed by atoms with E-state index in [4.69, 9.17) is 16.6 Å². The minimum Gasteiger partial charge on any atom is -0.481 e. The second-order valence-electron chi connectivity index (χ2n) is 6.67. The molecule has 0 aromatic carbocycles. The van der Waals surface area contributed by atoms with Crippen molar-refractivity contribution in [3.63, 3.8) is 0 Å². The maximum absolute atomic E-state index is 12.7. The second-order valence-corrected chi connectivity index (χ2v) is 6.67. The number of imidazole rings is 1. The highest BCUT2D eigenvalue weighted by Crippen LogP contribution is 2.04. The van der Waals surface area contributed by atoms with E-state index in [1.54, 1.807) is 0 Å². The zero-order valence-electron chi connectivity index (χ0n) is 16.9. The number of H-pyrrole nitrogens is 1. The topological polar surface area (TPSA) is 260 Å². The normalized spacial score (nSPS) is 13.3. The number of carboxylic acid groups (broad SMARTS) is 2. The van der Waals surface area contributed by atoms with Crippen molar-refractivity contribution in [3.8, 4) is 0 Å². The van der Waals surface area contributed by atoms with Crippen molar-refractivity contribution < 1.29 is 39.0 Å². The van der Waals surface area contributed by atoms with E-state index in [1.807, 2.05) is 0 Å². The second kappa shape index (κ2) is 12.6. The van der Waals surface area contributed by atoms with Crippen molar-refractivity contribution in [3.05, 3.63) is 18.2 Å². The van der Waals surface area contributed by atoms with Crippen LogP contribution < -0.4 is 27.4 Å². The van der Waals surface area contributed by atoms with Gasteiger partial charge in [0.1, 0.15) is 18.1 Å². The molecule has 0 fully saturated rings. The number of nitrogens with two attached hydrogens (primary N) is 2. The van der Waals surface area contributed by atoms with Crippen molar-refractivity contribution in [2.75, 3.05) is 6.54 Å². The Bertz CT molecular complexity index is 842. The van der Waals surface area contributed by atoms with Crippen molar-refractivity contribution in [2.24, 2.45) is 11.5 Å². The molecule has 1 heterocycles. The maximum Gasteiger partial charge on any atom is 0.326 e. The summed E-state index contributed by atoms with van der Waals surface area (Å²) in [5.41, 5.74) is 10.6. The number of carbonyl (C=O) groups is 6. The quantitative estimate of drug-likeness (QED) is 0.135. The largest absolute Gasteiger partial charge is 0.481 e. The predicted octanol–water partition coefficient (Wildman–Crippen LogP) is -3.81. The summed E-state index contributed by atoms with van der Waals surface area (Å²) in [7, 11) is 0. The van der Waals surface area contributed by atoms with Gasteiger partial charge in [0.2, 0.25) is 23.6 Å². The van der Waals surface area contributed by atoms with E-state index in [0.29, 0.717) is 5.69 Å². The first kappa shape index (κ1) is 26.0. The van der Waals surface area contributed by atoms with Gasteiger partial charge in [-0.05, 0) is 6.42 Å². The van der Waals surface area contributed by atoms with Gasteiger partial charge in [-0.25, -0.2) is 9.78 Å². The molecule has 0 bridgehead atoms. The van der Waals surface area contributed by atoms with Crippen LogP contribution in [0.15, 0.2) is 12.5 Å². The third kappa shape index (κ3) is 9.21. The van der Waals surface area contributed by atoms with Crippen LogP contribution in [0, 0.1) is 0 Å². The van der Waals surface area contributed by atoms with E-state index in [-0.39, 0.29) is 12.8 Å². The predicted molar refractivity (Wildman–Crippen MR) is 105 cm³/mol. The fourth-order valence-corrected chi connectivity index (χ4v) is 2.56. The number of carboxylic acids is 2. The molecule has 15 nitrogen and oxygen atoms in total. The zero-order chi connectivity index (χ0) is 24.3. The van der Waals surface area contributed by atoms with E-state index < -0.39 is 73.1 Å². The van der Waals surface area contributed by atoms with Gasteiger partial charge < -0.3 is 42.6 Å². The van der Waals surface area contributed by atoms with Crippen LogP contribution in [0.5, 0.6) is 0 Å². The Morgan fingerprint density at radius 2 is 1.62 bits per heavy atom. The number of aromatic amines is 1. The Balaban J connectivity index is 3.04. The summed E-state index contributed by atoms with van der Waals surface area (Å²) in [5, 5.41) is 24.8. The van der Waals surface area contributed by atoms with Gasteiger partial charge >= 0.3 is 11.9 Å². The van der Waals surface area contributed by atoms with Crippen LogP contribution in [0.4, 0.5) is 0 Å². The number of aromatic nitrogens is 2. The van der Waals surface area contributed by atoms with Crippen molar-refractivity contribution >= 4 is 35.6 Å². The molecule has 32 heavy (non-hydrogen) atoms. The number of hydrogen-bond donors (Lipinski definition) is 8. The summed E-state index contributed by atoms with van der Waals surface area (Å²) in [5.74, 6) is -6.27. The Morgan fingerprint density at radius 3 is 2.12 bits per heavy atom. The summed E-state index contributed by atoms with van der Waals surface area (Å²) in [6.07, 6.45) is 1.10. The van der Waals surface area contributed by atoms with Gasteiger partial charge in [-0.3, -0.25) is 24.0 Å². The Kier molecular flexibility index (Phi) is 10.3. The lowest BCUT2D eigenvalue weighted by Gasteiger charge is -2.24. The highest BCUT2D eigenvalue weighted by molar-refractivity contribution is 5.94. The first-order chi connectivity index (χ1) is 15.0. The molecular weight excluding hydrogens is 430 g/mol. The van der Waals surface area contributed by atoms with E-state index in [0.717, 1.165) is 0 Å². The van der Waals surface area contributed by atoms with Gasteiger partial charge in [0.05, 0.1) is 19.3 Å². The molecule has 1 aromatic heterocycles. The average Bonchev–Trinajstić information content (AvgIpc) is 3.22. The van der Waals surface area contributed by atoms with Crippen molar-refractivity contribution in [1.82, 2.24) is 25.9 Å². The summed E-state index contributed by atoms with van der Waals surface area (Å²) in [6.45, 7) is -0.456. The highest BCUT2D eigenvalue weighted by Gasteiger charge is 2.30. The van der Waals surface area contributed by atoms with Gasteiger partial charge in [-0.2, -0.15) is 0 Å². The molecule has 4 amide bonds. The van der Waals surface area contributed by atoms with Gasteiger partial charge in [-0.15, -0.1) is 0 Å². The standard InChI is InChI=1S/C17H25N7O8/c18-5-13(26)22-9(1-2-14(27)28)15(29)23-10(3-8-6-20-7-21-8)16(30)24-11(17(31)32)4-12(19)25/h6-7,9-11H,1-5,18H2,(H2,19,25)(H,20,21)(H,22,26)(H,23,29)(H,24,30)(H,27,28)(H,31,32). The van der Waals surface area contributed by atoms with Crippen LogP contribution in [0.3, 0.4) is 0 Å². The first-order valence-electron chi connectivity index (χ1n) is 9.33. The SMILES string of the molecule is NCC(=O)NC(CCC(=O)O)C(=O)NC(Cc1cnc[nH]1)C(=O)NC(CC(N)=O)C(=O)O. The molecule has 3 unspecified atom stereocenters. The third-order valence-electron chi connectivity index (χ3n) is 4.12. The fourth-order valence-electron chi connectivity index (χ4n) is 2.56. The molecule has 176 valence electrons. The average molecular weight is 455 g/mol. The van der Waals surface area contributed by atoms with Crippen LogP contribution in [0.1, 0.15) is 25.0 Å². The molecule has 0 spiro atoms. The van der Waals surface area contributed by atoms with Crippen LogP contribution in [-0.4, -0.2) is 80.4 Å². The Labute approximate surface area is 181 Å². The van der Waals surface area contributed by atoms with Crippen molar-refractivity contribution in [1.29, 1.82) is 0 Å². The molecule has 10 N–H and O–H groups in total. The molecule has 0 aliphatic heterocycles. The number of hydrogen-bond acceptors (Lipinski definition) is 8. The van der Waals surface area contributed by atoms with Gasteiger partial charge in [0.25, 0.3) is 0 Å². The molecule has 1 aromatic rings. The monoisotopic (exact) mass is 455 g/mol. The van der Waals surface area contributed by atoms with Crippen LogP contribution in [0.25, 0.3) is 0 Å². The van der Waals surface area contributed by atoms with Crippen LogP contribution >= 0.6 is 0 Å². The number of nitrogens with one attached hydrogen (secondary N) is 4. The smallest absolute Gasteiger partial charge is 0.326 e. The number of rotatable bonds is 14. The van der Waals surface area contributed by atoms with Gasteiger partial charge in [-0.1, -0.05) is 0 Å². The lowest BCUT2D eigenvalue weighted by molar-refractivity contribution is -0.143. The summed E-state index contributed by atoms with van der Waals surface area (Å²) in [6, 6.07) is -4.32. The maximum atomic E-state index is 12.7. The molecule has 0 aliphatic rings. The first-order valence-corrected chi connectivity index (χ1v) is 9.33. The van der Waals surface area contributed by atoms with E-state index in [9.17, 15) is 33.9 Å². The minimum absolute atomic E-state index is 0.156. The molecule has 0 saturated carbocycles. The van der Waals surface area contributed by atoms with Crippen LogP contribution in [0.2, 0.25) is 0 Å². The molecule has 0 radical (unpaired) electrons. The third-order valence-corrected chi connectivity index (χ3v) is 4.12. The highest BCUT2D eigenvalue weighted by atomic mass is 16.4. The van der Waals surface area contributed by atoms with Gasteiger partial charge in [0.15, 0.2) is 0 Å². The van der Waals surface area contributed by atoms with E-state index >= 15 is 0 Å². The molecular formula is C17H25N7O8. The summed E-state index contributed by atoms with van der Waals surface area (Å²) >= 11 is 0.